The standard InChI is InChI=1S/C25H26N2O5/c1-31-18-10-7-16(8-11-18)21-15-17(9-12-22(21)32-2)26-23(28)13-14-27-24(29)19-5-3-4-6-20(19)25(27)30/h3-4,7-12,15,19-20H,5-6,13-14H2,1-2H3,(H,26,28). The van der Waals surface area contributed by atoms with Gasteiger partial charge < -0.3 is 14.8 Å². The Morgan fingerprint density at radius 1 is 0.969 bits per heavy atom. The summed E-state index contributed by atoms with van der Waals surface area (Å²) in [6.45, 7) is 0.0952. The highest BCUT2D eigenvalue weighted by atomic mass is 16.5. The van der Waals surface area contributed by atoms with E-state index in [1.54, 1.807) is 26.4 Å². The van der Waals surface area contributed by atoms with E-state index >= 15 is 0 Å². The topological polar surface area (TPSA) is 84.9 Å². The number of nitrogens with zero attached hydrogens (tertiary/aromatic N) is 1. The molecule has 1 aliphatic carbocycles. The predicted molar refractivity (Wildman–Crippen MR) is 120 cm³/mol. The zero-order chi connectivity index (χ0) is 22.7. The number of amides is 3. The number of carbonyl (C=O) groups excluding carboxylic acids is 3. The molecule has 2 unspecified atom stereocenters. The number of imide groups is 1. The van der Waals surface area contributed by atoms with Crippen molar-refractivity contribution in [3.63, 3.8) is 0 Å². The lowest BCUT2D eigenvalue weighted by Gasteiger charge is -2.15. The van der Waals surface area contributed by atoms with E-state index in [0.29, 0.717) is 24.3 Å². The van der Waals surface area contributed by atoms with Gasteiger partial charge in [0.2, 0.25) is 17.7 Å². The maximum atomic E-state index is 12.6. The molecule has 0 saturated carbocycles. The fourth-order valence-corrected chi connectivity index (χ4v) is 4.31. The quantitative estimate of drug-likeness (QED) is 0.531. The first-order valence-electron chi connectivity index (χ1n) is 10.6. The fourth-order valence-electron chi connectivity index (χ4n) is 4.31. The highest BCUT2D eigenvalue weighted by Gasteiger charge is 2.46. The van der Waals surface area contributed by atoms with Crippen molar-refractivity contribution in [3.8, 4) is 22.6 Å². The Kier molecular flexibility index (Phi) is 6.25. The first kappa shape index (κ1) is 21.6. The van der Waals surface area contributed by atoms with Crippen molar-refractivity contribution >= 4 is 23.4 Å². The average Bonchev–Trinajstić information content (AvgIpc) is 3.07. The predicted octanol–water partition coefficient (Wildman–Crippen LogP) is 3.65. The van der Waals surface area contributed by atoms with Gasteiger partial charge in [-0.1, -0.05) is 24.3 Å². The second-order valence-electron chi connectivity index (χ2n) is 7.93. The molecule has 32 heavy (non-hydrogen) atoms. The van der Waals surface area contributed by atoms with E-state index in [9.17, 15) is 14.4 Å². The number of benzene rings is 2. The van der Waals surface area contributed by atoms with Gasteiger partial charge in [-0.25, -0.2) is 0 Å². The van der Waals surface area contributed by atoms with Crippen molar-refractivity contribution in [1.29, 1.82) is 0 Å². The molecule has 2 aromatic rings. The van der Waals surface area contributed by atoms with Gasteiger partial charge in [0.25, 0.3) is 0 Å². The lowest BCUT2D eigenvalue weighted by atomic mass is 9.85. The van der Waals surface area contributed by atoms with Crippen LogP contribution in [0.3, 0.4) is 0 Å². The van der Waals surface area contributed by atoms with Gasteiger partial charge in [0.05, 0.1) is 26.1 Å². The SMILES string of the molecule is COc1ccc(-c2cc(NC(=O)CCN3C(=O)C4CC=CCC4C3=O)ccc2OC)cc1. The number of nitrogens with one attached hydrogen (secondary N) is 1. The van der Waals surface area contributed by atoms with Crippen LogP contribution in [-0.4, -0.2) is 43.4 Å². The lowest BCUT2D eigenvalue weighted by molar-refractivity contribution is -0.140. The largest absolute Gasteiger partial charge is 0.497 e. The molecular weight excluding hydrogens is 408 g/mol. The van der Waals surface area contributed by atoms with E-state index in [1.165, 1.54) is 4.90 Å². The van der Waals surface area contributed by atoms with Crippen LogP contribution in [0.5, 0.6) is 11.5 Å². The number of anilines is 1. The van der Waals surface area contributed by atoms with Crippen LogP contribution in [0.15, 0.2) is 54.6 Å². The molecule has 0 bridgehead atoms. The van der Waals surface area contributed by atoms with Crippen molar-refractivity contribution in [2.45, 2.75) is 19.3 Å². The number of hydrogen-bond donors (Lipinski definition) is 1. The first-order valence-corrected chi connectivity index (χ1v) is 10.6. The van der Waals surface area contributed by atoms with Crippen molar-refractivity contribution < 1.29 is 23.9 Å². The van der Waals surface area contributed by atoms with Gasteiger partial charge in [0.1, 0.15) is 11.5 Å². The van der Waals surface area contributed by atoms with Gasteiger partial charge in [-0.05, 0) is 48.7 Å². The second kappa shape index (κ2) is 9.26. The average molecular weight is 434 g/mol. The zero-order valence-corrected chi connectivity index (χ0v) is 18.2. The number of ether oxygens (including phenoxy) is 2. The lowest BCUT2D eigenvalue weighted by Crippen LogP contribution is -2.34. The Labute approximate surface area is 187 Å². The number of rotatable bonds is 7. The smallest absolute Gasteiger partial charge is 0.233 e. The molecule has 4 rings (SSSR count). The molecule has 0 radical (unpaired) electrons. The Morgan fingerprint density at radius 2 is 1.62 bits per heavy atom. The molecule has 166 valence electrons. The van der Waals surface area contributed by atoms with Crippen LogP contribution >= 0.6 is 0 Å². The summed E-state index contributed by atoms with van der Waals surface area (Å²) in [6, 6.07) is 12.9. The van der Waals surface area contributed by atoms with Crippen molar-refractivity contribution in [3.05, 3.63) is 54.6 Å². The summed E-state index contributed by atoms with van der Waals surface area (Å²) >= 11 is 0. The molecule has 7 heteroatoms. The molecule has 0 spiro atoms. The van der Waals surface area contributed by atoms with E-state index in [1.807, 2.05) is 42.5 Å². The molecule has 1 aliphatic heterocycles. The minimum atomic E-state index is -0.274. The van der Waals surface area contributed by atoms with Crippen molar-refractivity contribution in [2.75, 3.05) is 26.1 Å². The first-order chi connectivity index (χ1) is 15.5. The Hall–Kier alpha value is -3.61. The van der Waals surface area contributed by atoms with Crippen LogP contribution in [0, 0.1) is 11.8 Å². The number of carbonyl (C=O) groups is 3. The van der Waals surface area contributed by atoms with E-state index in [2.05, 4.69) is 5.32 Å². The molecule has 1 fully saturated rings. The summed E-state index contributed by atoms with van der Waals surface area (Å²) in [5, 5.41) is 2.86. The molecule has 1 heterocycles. The van der Waals surface area contributed by atoms with E-state index in [-0.39, 0.29) is 42.5 Å². The summed E-state index contributed by atoms with van der Waals surface area (Å²) < 4.78 is 10.7. The summed E-state index contributed by atoms with van der Waals surface area (Å²) in [5.41, 5.74) is 2.36. The zero-order valence-electron chi connectivity index (χ0n) is 18.2. The van der Waals surface area contributed by atoms with E-state index in [4.69, 9.17) is 9.47 Å². The summed E-state index contributed by atoms with van der Waals surface area (Å²) in [7, 11) is 3.21. The van der Waals surface area contributed by atoms with Gasteiger partial charge in [0.15, 0.2) is 0 Å². The maximum absolute atomic E-state index is 12.6. The number of hydrogen-bond acceptors (Lipinski definition) is 5. The van der Waals surface area contributed by atoms with E-state index in [0.717, 1.165) is 16.9 Å². The van der Waals surface area contributed by atoms with Crippen LogP contribution in [0.1, 0.15) is 19.3 Å². The van der Waals surface area contributed by atoms with Crippen LogP contribution in [0.2, 0.25) is 0 Å². The molecule has 2 atom stereocenters. The van der Waals surface area contributed by atoms with Gasteiger partial charge in [-0.2, -0.15) is 0 Å². The normalized spacial score (nSPS) is 19.6. The summed E-state index contributed by atoms with van der Waals surface area (Å²) in [5.74, 6) is 0.293. The van der Waals surface area contributed by atoms with Gasteiger partial charge in [-0.3, -0.25) is 19.3 Å². The molecule has 2 aromatic carbocycles. The fraction of sp³-hybridized carbons (Fsp3) is 0.320. The van der Waals surface area contributed by atoms with Gasteiger partial charge >= 0.3 is 0 Å². The molecule has 0 aromatic heterocycles. The molecule has 1 N–H and O–H groups in total. The molecular formula is C25H26N2O5. The molecule has 2 aliphatic rings. The Balaban J connectivity index is 1.42. The highest BCUT2D eigenvalue weighted by Crippen LogP contribution is 2.35. The number of fused-ring (bicyclic) bond motifs is 1. The minimum absolute atomic E-state index is 0.0498. The third-order valence-electron chi connectivity index (χ3n) is 6.05. The maximum Gasteiger partial charge on any atom is 0.233 e. The van der Waals surface area contributed by atoms with Crippen molar-refractivity contribution in [1.82, 2.24) is 4.90 Å². The summed E-state index contributed by atoms with van der Waals surface area (Å²) in [6.07, 6.45) is 5.14. The van der Waals surface area contributed by atoms with Crippen LogP contribution in [0.4, 0.5) is 5.69 Å². The summed E-state index contributed by atoms with van der Waals surface area (Å²) in [4.78, 5) is 38.9. The number of allylic oxidation sites excluding steroid dienone is 2. The van der Waals surface area contributed by atoms with Crippen LogP contribution < -0.4 is 14.8 Å². The molecule has 7 nitrogen and oxygen atoms in total. The highest BCUT2D eigenvalue weighted by molar-refractivity contribution is 6.06. The van der Waals surface area contributed by atoms with E-state index < -0.39 is 0 Å². The molecule has 1 saturated heterocycles. The third-order valence-corrected chi connectivity index (χ3v) is 6.05. The molecule has 3 amide bonds. The number of likely N-dealkylation sites (tertiary alicyclic amines) is 1. The number of methoxy groups -OCH3 is 2. The monoisotopic (exact) mass is 434 g/mol. The second-order valence-corrected chi connectivity index (χ2v) is 7.93. The Bertz CT molecular complexity index is 1030. The van der Waals surface area contributed by atoms with Gasteiger partial charge in [-0.15, -0.1) is 0 Å². The van der Waals surface area contributed by atoms with Crippen molar-refractivity contribution in [2.24, 2.45) is 11.8 Å². The van der Waals surface area contributed by atoms with Gasteiger partial charge in [0, 0.05) is 24.2 Å². The van der Waals surface area contributed by atoms with Crippen LogP contribution in [0.25, 0.3) is 11.1 Å². The Morgan fingerprint density at radius 3 is 2.22 bits per heavy atom. The minimum Gasteiger partial charge on any atom is -0.497 e. The van der Waals surface area contributed by atoms with Crippen LogP contribution in [-0.2, 0) is 14.4 Å². The third kappa shape index (κ3) is 4.23.